The maximum Gasteiger partial charge on any atom is 0.142 e. The van der Waals surface area contributed by atoms with Gasteiger partial charge in [0.05, 0.1) is 7.11 Å². The van der Waals surface area contributed by atoms with Gasteiger partial charge in [-0.3, -0.25) is 0 Å². The summed E-state index contributed by atoms with van der Waals surface area (Å²) in [5.74, 6) is 0.335. The molecule has 0 radical (unpaired) electrons. The topological polar surface area (TPSA) is 71.9 Å². The quantitative estimate of drug-likeness (QED) is 0.651. The van der Waals surface area contributed by atoms with E-state index in [-0.39, 0.29) is 11.4 Å². The number of rotatable bonds is 3. The Hall–Kier alpha value is -2.91. The van der Waals surface area contributed by atoms with Crippen molar-refractivity contribution in [3.05, 3.63) is 64.0 Å². The first-order chi connectivity index (χ1) is 12.5. The van der Waals surface area contributed by atoms with E-state index in [1.54, 1.807) is 38.3 Å². The van der Waals surface area contributed by atoms with Crippen LogP contribution in [-0.2, 0) is 0 Å². The van der Waals surface area contributed by atoms with Crippen LogP contribution in [0.15, 0.2) is 46.9 Å². The third kappa shape index (κ3) is 3.14. The fraction of sp³-hybridized carbons (Fsp3) is 0.100. The molecule has 3 rings (SSSR count). The van der Waals surface area contributed by atoms with E-state index in [1.807, 2.05) is 12.1 Å². The van der Waals surface area contributed by atoms with Crippen molar-refractivity contribution in [1.82, 2.24) is 4.98 Å². The van der Waals surface area contributed by atoms with Gasteiger partial charge in [-0.25, -0.2) is 9.37 Å². The number of ether oxygens (including phenoxy) is 1. The van der Waals surface area contributed by atoms with Gasteiger partial charge in [-0.1, -0.05) is 34.1 Å². The molecule has 0 bridgehead atoms. The summed E-state index contributed by atoms with van der Waals surface area (Å²) >= 11 is 3.26. The Morgan fingerprint density at radius 3 is 2.42 bits per heavy atom. The average molecular weight is 412 g/mol. The summed E-state index contributed by atoms with van der Waals surface area (Å²) in [6.07, 6.45) is 0. The lowest BCUT2D eigenvalue weighted by molar-refractivity contribution is 0.415. The number of halogens is 2. The Balaban J connectivity index is 2.38. The molecule has 0 atom stereocenters. The van der Waals surface area contributed by atoms with E-state index in [2.05, 4.69) is 27.0 Å². The monoisotopic (exact) mass is 411 g/mol. The molecule has 0 unspecified atom stereocenters. The Morgan fingerprint density at radius 2 is 1.85 bits per heavy atom. The highest BCUT2D eigenvalue weighted by Crippen LogP contribution is 2.40. The number of nitriles is 1. The van der Waals surface area contributed by atoms with E-state index < -0.39 is 5.82 Å². The number of methoxy groups -OCH3 is 1. The van der Waals surface area contributed by atoms with Crippen molar-refractivity contribution in [2.24, 2.45) is 0 Å². The summed E-state index contributed by atoms with van der Waals surface area (Å²) < 4.78 is 20.5. The van der Waals surface area contributed by atoms with Gasteiger partial charge in [0.15, 0.2) is 0 Å². The lowest BCUT2D eigenvalue weighted by atomic mass is 9.90. The third-order valence-corrected chi connectivity index (χ3v) is 4.59. The fourth-order valence-corrected chi connectivity index (χ4v) is 3.25. The number of hydrogen-bond donors (Lipinski definition) is 1. The zero-order chi connectivity index (χ0) is 18.8. The molecule has 0 aliphatic rings. The first kappa shape index (κ1) is 17.9. The number of anilines is 1. The molecular formula is C20H15BrFN3O. The van der Waals surface area contributed by atoms with Crippen molar-refractivity contribution in [3.8, 4) is 34.1 Å². The van der Waals surface area contributed by atoms with Crippen LogP contribution in [0.3, 0.4) is 0 Å². The van der Waals surface area contributed by atoms with Gasteiger partial charge in [0.1, 0.15) is 29.0 Å². The summed E-state index contributed by atoms with van der Waals surface area (Å²) in [5.41, 5.74) is 8.93. The highest BCUT2D eigenvalue weighted by Gasteiger charge is 2.21. The van der Waals surface area contributed by atoms with Crippen LogP contribution in [0.5, 0.6) is 5.75 Å². The number of benzene rings is 2. The molecule has 0 spiro atoms. The van der Waals surface area contributed by atoms with Crippen molar-refractivity contribution in [2.75, 3.05) is 12.8 Å². The van der Waals surface area contributed by atoms with Crippen LogP contribution in [0, 0.1) is 24.1 Å². The molecule has 3 aromatic rings. The number of nitrogen functional groups attached to an aromatic ring is 1. The predicted molar refractivity (Wildman–Crippen MR) is 103 cm³/mol. The van der Waals surface area contributed by atoms with Gasteiger partial charge in [0.25, 0.3) is 0 Å². The smallest absolute Gasteiger partial charge is 0.142 e. The van der Waals surface area contributed by atoms with Gasteiger partial charge < -0.3 is 10.5 Å². The molecule has 1 heterocycles. The zero-order valence-electron chi connectivity index (χ0n) is 14.2. The van der Waals surface area contributed by atoms with E-state index in [4.69, 9.17) is 10.5 Å². The van der Waals surface area contributed by atoms with Crippen LogP contribution in [0.25, 0.3) is 22.3 Å². The summed E-state index contributed by atoms with van der Waals surface area (Å²) in [6.45, 7) is 1.79. The minimum Gasteiger partial charge on any atom is -0.497 e. The molecule has 2 aromatic carbocycles. The van der Waals surface area contributed by atoms with Crippen LogP contribution < -0.4 is 10.5 Å². The average Bonchev–Trinajstić information content (AvgIpc) is 2.61. The highest BCUT2D eigenvalue weighted by atomic mass is 79.9. The lowest BCUT2D eigenvalue weighted by Crippen LogP contribution is -2.04. The Morgan fingerprint density at radius 1 is 1.15 bits per heavy atom. The minimum absolute atomic E-state index is 0.0829. The van der Waals surface area contributed by atoms with Crippen LogP contribution in [-0.4, -0.2) is 12.1 Å². The van der Waals surface area contributed by atoms with Gasteiger partial charge in [-0.15, -0.1) is 0 Å². The molecule has 0 amide bonds. The van der Waals surface area contributed by atoms with Crippen molar-refractivity contribution in [1.29, 1.82) is 5.26 Å². The molecule has 0 aliphatic heterocycles. The first-order valence-electron chi connectivity index (χ1n) is 7.76. The predicted octanol–water partition coefficient (Wildman–Crippen LogP) is 5.09. The maximum absolute atomic E-state index is 14.7. The van der Waals surface area contributed by atoms with Crippen molar-refractivity contribution >= 4 is 21.7 Å². The van der Waals surface area contributed by atoms with Crippen LogP contribution in [0.4, 0.5) is 10.2 Å². The lowest BCUT2D eigenvalue weighted by Gasteiger charge is -2.17. The third-order valence-electron chi connectivity index (χ3n) is 4.10. The van der Waals surface area contributed by atoms with Crippen molar-refractivity contribution in [2.45, 2.75) is 6.92 Å². The second-order valence-electron chi connectivity index (χ2n) is 5.67. The molecule has 0 saturated heterocycles. The number of pyridine rings is 1. The molecule has 0 fully saturated rings. The molecule has 130 valence electrons. The van der Waals surface area contributed by atoms with E-state index in [0.717, 1.165) is 5.56 Å². The summed E-state index contributed by atoms with van der Waals surface area (Å²) in [7, 11) is 1.58. The van der Waals surface area contributed by atoms with E-state index >= 15 is 0 Å². The molecule has 4 nitrogen and oxygen atoms in total. The highest BCUT2D eigenvalue weighted by molar-refractivity contribution is 9.10. The maximum atomic E-state index is 14.7. The van der Waals surface area contributed by atoms with Crippen LogP contribution in [0.1, 0.15) is 11.3 Å². The van der Waals surface area contributed by atoms with Crippen molar-refractivity contribution in [3.63, 3.8) is 0 Å². The number of aromatic nitrogens is 1. The normalized spacial score (nSPS) is 10.4. The largest absolute Gasteiger partial charge is 0.497 e. The molecular weight excluding hydrogens is 397 g/mol. The second kappa shape index (κ2) is 7.14. The van der Waals surface area contributed by atoms with E-state index in [1.165, 1.54) is 6.07 Å². The Bertz CT molecular complexity index is 1030. The molecule has 0 saturated carbocycles. The molecule has 2 N–H and O–H groups in total. The van der Waals surface area contributed by atoms with Gasteiger partial charge in [-0.2, -0.15) is 5.26 Å². The zero-order valence-corrected chi connectivity index (χ0v) is 15.8. The molecule has 1 aromatic heterocycles. The van der Waals surface area contributed by atoms with Gasteiger partial charge in [0.2, 0.25) is 0 Å². The number of nitrogens with two attached hydrogens (primary N) is 1. The van der Waals surface area contributed by atoms with Crippen LogP contribution >= 0.6 is 15.9 Å². The van der Waals surface area contributed by atoms with Gasteiger partial charge >= 0.3 is 0 Å². The number of aryl methyl sites for hydroxylation is 1. The van der Waals surface area contributed by atoms with E-state index in [0.29, 0.717) is 32.6 Å². The van der Waals surface area contributed by atoms with E-state index in [9.17, 15) is 9.65 Å². The van der Waals surface area contributed by atoms with Gasteiger partial charge in [0, 0.05) is 26.9 Å². The minimum atomic E-state index is -0.448. The summed E-state index contributed by atoms with van der Waals surface area (Å²) in [6, 6.07) is 14.1. The standard InChI is InChI=1S/C20H15BrFN3O/c1-11-18(12-3-6-14(26-2)7-4-12)19(16(10-23)20(24)25-11)15-8-5-13(21)9-17(15)22/h3-9H,1-2H3,(H2,24,25). The van der Waals surface area contributed by atoms with Crippen LogP contribution in [0.2, 0.25) is 0 Å². The number of hydrogen-bond acceptors (Lipinski definition) is 4. The Kier molecular flexibility index (Phi) is 4.92. The molecule has 6 heteroatoms. The SMILES string of the molecule is COc1ccc(-c2c(C)nc(N)c(C#N)c2-c2ccc(Br)cc2F)cc1. The summed E-state index contributed by atoms with van der Waals surface area (Å²) in [5, 5.41) is 9.63. The first-order valence-corrected chi connectivity index (χ1v) is 8.55. The van der Waals surface area contributed by atoms with Gasteiger partial charge in [-0.05, 0) is 36.8 Å². The number of nitrogens with zero attached hydrogens (tertiary/aromatic N) is 2. The second-order valence-corrected chi connectivity index (χ2v) is 6.59. The van der Waals surface area contributed by atoms with Crippen molar-refractivity contribution < 1.29 is 9.13 Å². The molecule has 26 heavy (non-hydrogen) atoms. The molecule has 0 aliphatic carbocycles. The Labute approximate surface area is 159 Å². The fourth-order valence-electron chi connectivity index (χ4n) is 2.91. The summed E-state index contributed by atoms with van der Waals surface area (Å²) in [4.78, 5) is 4.29.